The molecule has 2 heterocycles. The molecule has 0 aliphatic heterocycles. The summed E-state index contributed by atoms with van der Waals surface area (Å²) < 4.78 is 10.3. The number of anilines is 1. The lowest BCUT2D eigenvalue weighted by molar-refractivity contribution is -0.116. The number of carbonyl (C=O) groups is 2. The molecule has 3 aromatic rings. The van der Waals surface area contributed by atoms with Gasteiger partial charge in [0.1, 0.15) is 5.58 Å². The summed E-state index contributed by atoms with van der Waals surface area (Å²) in [5.41, 5.74) is 1.04. The fraction of sp³-hybridized carbons (Fsp3) is 0.333. The van der Waals surface area contributed by atoms with Crippen LogP contribution in [-0.4, -0.2) is 27.1 Å². The third-order valence-electron chi connectivity index (χ3n) is 3.79. The maximum Gasteiger partial charge on any atom is 0.371 e. The van der Waals surface area contributed by atoms with Gasteiger partial charge in [-0.1, -0.05) is 12.1 Å². The van der Waals surface area contributed by atoms with E-state index >= 15 is 0 Å². The molecule has 26 heavy (non-hydrogen) atoms. The van der Waals surface area contributed by atoms with Crippen LogP contribution in [0.1, 0.15) is 48.5 Å². The third-order valence-corrected chi connectivity index (χ3v) is 3.79. The number of nitrogens with zero attached hydrogens (tertiary/aromatic N) is 2. The van der Waals surface area contributed by atoms with Crippen molar-refractivity contribution in [1.29, 1.82) is 0 Å². The Morgan fingerprint density at radius 3 is 2.85 bits per heavy atom. The lowest BCUT2D eigenvalue weighted by Gasteiger charge is -2.04. The quantitative estimate of drug-likeness (QED) is 0.634. The first-order chi connectivity index (χ1) is 12.5. The van der Waals surface area contributed by atoms with Crippen molar-refractivity contribution in [2.75, 3.05) is 5.32 Å². The van der Waals surface area contributed by atoms with Gasteiger partial charge in [-0.05, 0) is 37.1 Å². The normalized spacial score (nSPS) is 11.0. The summed E-state index contributed by atoms with van der Waals surface area (Å²) in [6.45, 7) is 2.05. The molecular weight excluding hydrogens is 338 g/mol. The first-order valence-corrected chi connectivity index (χ1v) is 8.43. The molecule has 0 radical (unpaired) electrons. The lowest BCUT2D eigenvalue weighted by Crippen LogP contribution is -2.11. The van der Waals surface area contributed by atoms with Gasteiger partial charge in [0.15, 0.2) is 5.82 Å². The molecule has 8 heteroatoms. The fourth-order valence-electron chi connectivity index (χ4n) is 2.57. The van der Waals surface area contributed by atoms with Gasteiger partial charge in [-0.3, -0.25) is 4.79 Å². The molecule has 0 spiro atoms. The highest BCUT2D eigenvalue weighted by atomic mass is 16.5. The van der Waals surface area contributed by atoms with E-state index in [1.807, 2.05) is 6.92 Å². The summed E-state index contributed by atoms with van der Waals surface area (Å²) in [7, 11) is 0. The summed E-state index contributed by atoms with van der Waals surface area (Å²) in [5, 5.41) is 16.2. The van der Waals surface area contributed by atoms with Crippen molar-refractivity contribution in [3.63, 3.8) is 0 Å². The predicted molar refractivity (Wildman–Crippen MR) is 93.0 cm³/mol. The van der Waals surface area contributed by atoms with Crippen LogP contribution in [0.2, 0.25) is 0 Å². The Bertz CT molecular complexity index is 928. The highest BCUT2D eigenvalue weighted by Crippen LogP contribution is 2.23. The maximum absolute atomic E-state index is 12.1. The van der Waals surface area contributed by atoms with Gasteiger partial charge in [0.25, 0.3) is 0 Å². The molecule has 2 aromatic heterocycles. The van der Waals surface area contributed by atoms with Crippen LogP contribution in [0.3, 0.4) is 0 Å². The number of carboxylic acid groups (broad SMARTS) is 1. The van der Waals surface area contributed by atoms with Gasteiger partial charge >= 0.3 is 5.97 Å². The Kier molecular flexibility index (Phi) is 5.31. The number of aromatic nitrogens is 2. The Labute approximate surface area is 149 Å². The van der Waals surface area contributed by atoms with Crippen LogP contribution < -0.4 is 5.32 Å². The minimum absolute atomic E-state index is 0.134. The molecule has 8 nitrogen and oxygen atoms in total. The molecule has 0 saturated carbocycles. The van der Waals surface area contributed by atoms with E-state index in [2.05, 4.69) is 15.5 Å². The number of hydrogen-bond acceptors (Lipinski definition) is 6. The van der Waals surface area contributed by atoms with Crippen LogP contribution in [0.5, 0.6) is 0 Å². The molecule has 3 rings (SSSR count). The zero-order valence-electron chi connectivity index (χ0n) is 14.3. The number of carbonyl (C=O) groups excluding carboxylic acids is 1. The number of hydrogen-bond donors (Lipinski definition) is 2. The van der Waals surface area contributed by atoms with Crippen molar-refractivity contribution in [3.8, 4) is 0 Å². The molecule has 1 aromatic carbocycles. The zero-order valence-corrected chi connectivity index (χ0v) is 14.3. The van der Waals surface area contributed by atoms with Crippen LogP contribution in [0, 0.1) is 0 Å². The third kappa shape index (κ3) is 4.27. The van der Waals surface area contributed by atoms with Gasteiger partial charge in [0.2, 0.25) is 17.6 Å². The van der Waals surface area contributed by atoms with E-state index < -0.39 is 5.97 Å². The van der Waals surface area contributed by atoms with Crippen molar-refractivity contribution < 1.29 is 23.6 Å². The Balaban J connectivity index is 1.52. The predicted octanol–water partition coefficient (Wildman–Crippen LogP) is 3.43. The number of aromatic carboxylic acids is 1. The highest BCUT2D eigenvalue weighted by Gasteiger charge is 2.12. The molecule has 0 bridgehead atoms. The number of aryl methyl sites for hydroxylation is 2. The van der Waals surface area contributed by atoms with E-state index in [-0.39, 0.29) is 11.7 Å². The summed E-state index contributed by atoms with van der Waals surface area (Å²) in [6.07, 6.45) is 3.19. The zero-order chi connectivity index (χ0) is 18.5. The Morgan fingerprint density at radius 2 is 2.08 bits per heavy atom. The second kappa shape index (κ2) is 7.81. The summed E-state index contributed by atoms with van der Waals surface area (Å²) in [5.74, 6) is -0.164. The minimum Gasteiger partial charge on any atom is -0.475 e. The number of rotatable bonds is 8. The first kappa shape index (κ1) is 17.7. The van der Waals surface area contributed by atoms with Gasteiger partial charge in [-0.25, -0.2) is 4.79 Å². The minimum atomic E-state index is -1.13. The van der Waals surface area contributed by atoms with E-state index in [9.17, 15) is 9.59 Å². The van der Waals surface area contributed by atoms with Gasteiger partial charge in [-0.2, -0.15) is 4.98 Å². The fourth-order valence-corrected chi connectivity index (χ4v) is 2.57. The van der Waals surface area contributed by atoms with E-state index in [1.54, 1.807) is 18.2 Å². The molecule has 0 atom stereocenters. The molecule has 0 aliphatic rings. The molecule has 0 aliphatic carbocycles. The average molecular weight is 357 g/mol. The SMILES string of the molecule is CCCc1noc(CCCC(=O)Nc2ccc3oc(C(=O)O)cc3c2)n1. The molecular formula is C18H19N3O5. The number of amides is 1. The highest BCUT2D eigenvalue weighted by molar-refractivity contribution is 5.95. The Hall–Kier alpha value is -3.16. The molecule has 136 valence electrons. The van der Waals surface area contributed by atoms with Crippen molar-refractivity contribution in [2.45, 2.75) is 39.0 Å². The maximum atomic E-state index is 12.1. The topological polar surface area (TPSA) is 118 Å². The van der Waals surface area contributed by atoms with Crippen LogP contribution in [0.15, 0.2) is 33.2 Å². The van der Waals surface area contributed by atoms with E-state index in [0.29, 0.717) is 47.6 Å². The van der Waals surface area contributed by atoms with Gasteiger partial charge < -0.3 is 19.4 Å². The first-order valence-electron chi connectivity index (χ1n) is 8.43. The smallest absolute Gasteiger partial charge is 0.371 e. The summed E-state index contributed by atoms with van der Waals surface area (Å²) >= 11 is 0. The number of furan rings is 1. The molecule has 0 saturated heterocycles. The molecule has 2 N–H and O–H groups in total. The lowest BCUT2D eigenvalue weighted by atomic mass is 10.2. The Morgan fingerprint density at radius 1 is 1.23 bits per heavy atom. The van der Waals surface area contributed by atoms with Crippen LogP contribution in [0.25, 0.3) is 11.0 Å². The van der Waals surface area contributed by atoms with E-state index in [4.69, 9.17) is 14.0 Å². The molecule has 0 unspecified atom stereocenters. The van der Waals surface area contributed by atoms with Gasteiger partial charge in [0.05, 0.1) is 0 Å². The number of fused-ring (bicyclic) bond motifs is 1. The van der Waals surface area contributed by atoms with E-state index in [1.165, 1.54) is 6.07 Å². The van der Waals surface area contributed by atoms with E-state index in [0.717, 1.165) is 12.8 Å². The number of carboxylic acids is 1. The molecule has 0 fully saturated rings. The number of nitrogens with one attached hydrogen (secondary N) is 1. The standard InChI is InChI=1S/C18H19N3O5/c1-2-4-15-20-17(26-21-15)6-3-5-16(22)19-12-7-8-13-11(9-12)10-14(25-13)18(23)24/h7-10H,2-6H2,1H3,(H,19,22)(H,23,24). The second-order valence-corrected chi connectivity index (χ2v) is 5.92. The molecule has 1 amide bonds. The van der Waals surface area contributed by atoms with Crippen LogP contribution >= 0.6 is 0 Å². The summed E-state index contributed by atoms with van der Waals surface area (Å²) in [4.78, 5) is 27.3. The van der Waals surface area contributed by atoms with Crippen molar-refractivity contribution in [3.05, 3.63) is 41.7 Å². The van der Waals surface area contributed by atoms with Crippen molar-refractivity contribution in [2.24, 2.45) is 0 Å². The second-order valence-electron chi connectivity index (χ2n) is 5.92. The average Bonchev–Trinajstić information content (AvgIpc) is 3.21. The largest absolute Gasteiger partial charge is 0.475 e. The van der Waals surface area contributed by atoms with Crippen molar-refractivity contribution in [1.82, 2.24) is 10.1 Å². The van der Waals surface area contributed by atoms with Gasteiger partial charge in [0, 0.05) is 30.3 Å². The summed E-state index contributed by atoms with van der Waals surface area (Å²) in [6, 6.07) is 6.41. The van der Waals surface area contributed by atoms with Gasteiger partial charge in [-0.15, -0.1) is 0 Å². The monoisotopic (exact) mass is 357 g/mol. The van der Waals surface area contributed by atoms with Crippen LogP contribution in [-0.2, 0) is 17.6 Å². The van der Waals surface area contributed by atoms with Crippen molar-refractivity contribution >= 4 is 28.5 Å². The number of benzene rings is 1. The van der Waals surface area contributed by atoms with Crippen LogP contribution in [0.4, 0.5) is 5.69 Å².